The Balaban J connectivity index is 1.85. The molecule has 98 valence electrons. The van der Waals surface area contributed by atoms with Gasteiger partial charge in [-0.15, -0.1) is 0 Å². The van der Waals surface area contributed by atoms with Crippen LogP contribution in [-0.4, -0.2) is 37.4 Å². The molecule has 0 bridgehead atoms. The van der Waals surface area contributed by atoms with Crippen LogP contribution in [0.2, 0.25) is 0 Å². The molecule has 1 aromatic carbocycles. The van der Waals surface area contributed by atoms with Crippen molar-refractivity contribution in [3.63, 3.8) is 0 Å². The molecule has 0 amide bonds. The standard InChI is InChI=1S/C14H19NO3/c16-14(17)13(12-4-2-1-3-5-12)9-15-8-11-6-7-18-10-11/h1-5,11,13,15H,6-10H2,(H,16,17). The molecule has 0 spiro atoms. The highest BCUT2D eigenvalue weighted by molar-refractivity contribution is 5.76. The van der Waals surface area contributed by atoms with E-state index in [1.54, 1.807) is 0 Å². The minimum absolute atomic E-state index is 0.468. The van der Waals surface area contributed by atoms with Gasteiger partial charge in [0.05, 0.1) is 12.5 Å². The van der Waals surface area contributed by atoms with E-state index in [4.69, 9.17) is 4.74 Å². The number of ether oxygens (including phenoxy) is 1. The van der Waals surface area contributed by atoms with Gasteiger partial charge in [0, 0.05) is 19.7 Å². The van der Waals surface area contributed by atoms with Gasteiger partial charge in [0.15, 0.2) is 0 Å². The first-order chi connectivity index (χ1) is 8.77. The fourth-order valence-corrected chi connectivity index (χ4v) is 2.21. The molecule has 1 heterocycles. The first-order valence-electron chi connectivity index (χ1n) is 6.33. The van der Waals surface area contributed by atoms with Crippen molar-refractivity contribution in [3.8, 4) is 0 Å². The van der Waals surface area contributed by atoms with Crippen molar-refractivity contribution in [1.82, 2.24) is 5.32 Å². The maximum absolute atomic E-state index is 11.3. The lowest BCUT2D eigenvalue weighted by Crippen LogP contribution is -2.30. The molecule has 1 aromatic rings. The number of rotatable bonds is 6. The summed E-state index contributed by atoms with van der Waals surface area (Å²) in [6.45, 7) is 2.91. The Morgan fingerprint density at radius 3 is 2.83 bits per heavy atom. The molecular formula is C14H19NO3. The van der Waals surface area contributed by atoms with E-state index in [0.717, 1.165) is 31.7 Å². The average Bonchev–Trinajstić information content (AvgIpc) is 2.88. The Morgan fingerprint density at radius 1 is 1.44 bits per heavy atom. The van der Waals surface area contributed by atoms with Gasteiger partial charge >= 0.3 is 5.97 Å². The van der Waals surface area contributed by atoms with E-state index in [1.165, 1.54) is 0 Å². The summed E-state index contributed by atoms with van der Waals surface area (Å²) in [6, 6.07) is 9.36. The Kier molecular flexibility index (Phi) is 4.73. The molecule has 2 atom stereocenters. The monoisotopic (exact) mass is 249 g/mol. The smallest absolute Gasteiger partial charge is 0.312 e. The number of carbonyl (C=O) groups is 1. The molecule has 2 rings (SSSR count). The molecule has 1 fully saturated rings. The molecule has 0 radical (unpaired) electrons. The third-order valence-corrected chi connectivity index (χ3v) is 3.31. The third kappa shape index (κ3) is 3.55. The van der Waals surface area contributed by atoms with Gasteiger partial charge < -0.3 is 15.2 Å². The van der Waals surface area contributed by atoms with Crippen molar-refractivity contribution in [2.45, 2.75) is 12.3 Å². The summed E-state index contributed by atoms with van der Waals surface area (Å²) in [7, 11) is 0. The van der Waals surface area contributed by atoms with Crippen LogP contribution in [0.1, 0.15) is 17.9 Å². The van der Waals surface area contributed by atoms with Crippen LogP contribution in [0, 0.1) is 5.92 Å². The van der Waals surface area contributed by atoms with Gasteiger partial charge in [0.2, 0.25) is 0 Å². The molecule has 4 nitrogen and oxygen atoms in total. The summed E-state index contributed by atoms with van der Waals surface area (Å²) in [5.74, 6) is -0.736. The SMILES string of the molecule is O=C(O)C(CNCC1CCOC1)c1ccccc1. The molecule has 1 aliphatic rings. The first kappa shape index (κ1) is 13.1. The number of hydrogen-bond acceptors (Lipinski definition) is 3. The number of benzene rings is 1. The highest BCUT2D eigenvalue weighted by atomic mass is 16.5. The maximum atomic E-state index is 11.3. The molecule has 2 N–H and O–H groups in total. The molecule has 4 heteroatoms. The first-order valence-corrected chi connectivity index (χ1v) is 6.33. The van der Waals surface area contributed by atoms with Crippen LogP contribution >= 0.6 is 0 Å². The summed E-state index contributed by atoms with van der Waals surface area (Å²) in [4.78, 5) is 11.3. The largest absolute Gasteiger partial charge is 0.481 e. The number of carboxylic acid groups (broad SMARTS) is 1. The van der Waals surface area contributed by atoms with Crippen LogP contribution in [0.3, 0.4) is 0 Å². The fourth-order valence-electron chi connectivity index (χ4n) is 2.21. The Morgan fingerprint density at radius 2 is 2.22 bits per heavy atom. The third-order valence-electron chi connectivity index (χ3n) is 3.31. The summed E-state index contributed by atoms with van der Waals surface area (Å²) in [6.07, 6.45) is 1.07. The van der Waals surface area contributed by atoms with Crippen molar-refractivity contribution in [1.29, 1.82) is 0 Å². The second-order valence-corrected chi connectivity index (χ2v) is 4.69. The van der Waals surface area contributed by atoms with Gasteiger partial charge in [-0.1, -0.05) is 30.3 Å². The van der Waals surface area contributed by atoms with E-state index in [0.29, 0.717) is 12.5 Å². The predicted octanol–water partition coefficient (Wildman–Crippen LogP) is 1.48. The van der Waals surface area contributed by atoms with Crippen LogP contribution in [0.5, 0.6) is 0 Å². The highest BCUT2D eigenvalue weighted by Crippen LogP contribution is 2.16. The van der Waals surface area contributed by atoms with Crippen molar-refractivity contribution in [2.75, 3.05) is 26.3 Å². The molecule has 18 heavy (non-hydrogen) atoms. The van der Waals surface area contributed by atoms with Gasteiger partial charge in [-0.25, -0.2) is 0 Å². The van der Waals surface area contributed by atoms with E-state index in [1.807, 2.05) is 30.3 Å². The van der Waals surface area contributed by atoms with Crippen LogP contribution in [0.4, 0.5) is 0 Å². The van der Waals surface area contributed by atoms with Gasteiger partial charge in [-0.3, -0.25) is 4.79 Å². The Hall–Kier alpha value is -1.39. The quantitative estimate of drug-likeness (QED) is 0.801. The van der Waals surface area contributed by atoms with Gasteiger partial charge in [-0.2, -0.15) is 0 Å². The zero-order valence-electron chi connectivity index (χ0n) is 10.3. The minimum Gasteiger partial charge on any atom is -0.481 e. The topological polar surface area (TPSA) is 58.6 Å². The highest BCUT2D eigenvalue weighted by Gasteiger charge is 2.20. The Bertz CT molecular complexity index is 374. The summed E-state index contributed by atoms with van der Waals surface area (Å²) in [5, 5.41) is 12.5. The normalized spacial score (nSPS) is 20.8. The van der Waals surface area contributed by atoms with E-state index in [9.17, 15) is 9.90 Å². The van der Waals surface area contributed by atoms with Crippen molar-refractivity contribution < 1.29 is 14.6 Å². The number of aliphatic carboxylic acids is 1. The predicted molar refractivity (Wildman–Crippen MR) is 68.6 cm³/mol. The zero-order chi connectivity index (χ0) is 12.8. The molecule has 1 saturated heterocycles. The number of carboxylic acids is 1. The molecule has 0 aliphatic carbocycles. The van der Waals surface area contributed by atoms with Crippen LogP contribution in [0.15, 0.2) is 30.3 Å². The lowest BCUT2D eigenvalue weighted by molar-refractivity contribution is -0.138. The van der Waals surface area contributed by atoms with Gasteiger partial charge in [-0.05, 0) is 17.9 Å². The minimum atomic E-state index is -0.781. The van der Waals surface area contributed by atoms with Crippen LogP contribution < -0.4 is 5.32 Å². The van der Waals surface area contributed by atoms with E-state index in [-0.39, 0.29) is 0 Å². The lowest BCUT2D eigenvalue weighted by Gasteiger charge is -2.15. The summed E-state index contributed by atoms with van der Waals surface area (Å²) >= 11 is 0. The molecule has 0 aromatic heterocycles. The average molecular weight is 249 g/mol. The van der Waals surface area contributed by atoms with Crippen molar-refractivity contribution in [3.05, 3.63) is 35.9 Å². The van der Waals surface area contributed by atoms with E-state index in [2.05, 4.69) is 5.32 Å². The number of hydrogen-bond donors (Lipinski definition) is 2. The molecule has 0 saturated carbocycles. The van der Waals surface area contributed by atoms with Gasteiger partial charge in [0.25, 0.3) is 0 Å². The summed E-state index contributed by atoms with van der Waals surface area (Å²) in [5.41, 5.74) is 0.847. The summed E-state index contributed by atoms with van der Waals surface area (Å²) < 4.78 is 5.29. The number of nitrogens with one attached hydrogen (secondary N) is 1. The Labute approximate surface area is 107 Å². The second-order valence-electron chi connectivity index (χ2n) is 4.69. The van der Waals surface area contributed by atoms with Crippen LogP contribution in [0.25, 0.3) is 0 Å². The van der Waals surface area contributed by atoms with E-state index >= 15 is 0 Å². The van der Waals surface area contributed by atoms with Crippen LogP contribution in [-0.2, 0) is 9.53 Å². The molecular weight excluding hydrogens is 230 g/mol. The lowest BCUT2D eigenvalue weighted by atomic mass is 9.99. The van der Waals surface area contributed by atoms with E-state index < -0.39 is 11.9 Å². The fraction of sp³-hybridized carbons (Fsp3) is 0.500. The molecule has 2 unspecified atom stereocenters. The second kappa shape index (κ2) is 6.52. The molecule has 1 aliphatic heterocycles. The van der Waals surface area contributed by atoms with Crippen molar-refractivity contribution in [2.24, 2.45) is 5.92 Å². The zero-order valence-corrected chi connectivity index (χ0v) is 10.3. The van der Waals surface area contributed by atoms with Gasteiger partial charge in [0.1, 0.15) is 0 Å². The van der Waals surface area contributed by atoms with Crippen molar-refractivity contribution >= 4 is 5.97 Å². The maximum Gasteiger partial charge on any atom is 0.312 e.